The van der Waals surface area contributed by atoms with Crippen molar-refractivity contribution in [3.63, 3.8) is 0 Å². The SMILES string of the molecule is C=CCn1c(SCCC(=O)NC(=O)NCc2ccccc2)nc2cc(Cl)ccc2c1=O. The molecule has 9 heteroatoms. The van der Waals surface area contributed by atoms with E-state index < -0.39 is 11.9 Å². The van der Waals surface area contributed by atoms with Gasteiger partial charge in [0.2, 0.25) is 5.91 Å². The Labute approximate surface area is 188 Å². The van der Waals surface area contributed by atoms with Crippen LogP contribution in [0, 0.1) is 0 Å². The standard InChI is InChI=1S/C22H21ClN4O3S/c1-2-11-27-20(29)17-9-8-16(23)13-18(17)25-22(27)31-12-10-19(28)26-21(30)24-14-15-6-4-3-5-7-15/h2-9,13H,1,10-12,14H2,(H2,24,26,28,30). The van der Waals surface area contributed by atoms with Gasteiger partial charge < -0.3 is 5.32 Å². The van der Waals surface area contributed by atoms with E-state index in [4.69, 9.17) is 11.6 Å². The highest BCUT2D eigenvalue weighted by Crippen LogP contribution is 2.21. The Balaban J connectivity index is 1.58. The summed E-state index contributed by atoms with van der Waals surface area (Å²) in [4.78, 5) is 41.3. The number of carbonyl (C=O) groups excluding carboxylic acids is 2. The third-order valence-corrected chi connectivity index (χ3v) is 5.52. The van der Waals surface area contributed by atoms with Crippen LogP contribution in [0.5, 0.6) is 0 Å². The van der Waals surface area contributed by atoms with Crippen LogP contribution in [0.3, 0.4) is 0 Å². The second kappa shape index (κ2) is 10.8. The molecule has 2 aromatic carbocycles. The minimum atomic E-state index is -0.555. The zero-order valence-corrected chi connectivity index (χ0v) is 18.2. The van der Waals surface area contributed by atoms with Gasteiger partial charge in [-0.1, -0.05) is 59.8 Å². The maximum absolute atomic E-state index is 12.8. The molecule has 2 N–H and O–H groups in total. The van der Waals surface area contributed by atoms with Crippen LogP contribution in [0.2, 0.25) is 5.02 Å². The minimum absolute atomic E-state index is 0.0843. The molecule has 3 aromatic rings. The summed E-state index contributed by atoms with van der Waals surface area (Å²) in [6.45, 7) is 4.30. The van der Waals surface area contributed by atoms with Gasteiger partial charge in [0.05, 0.1) is 10.9 Å². The topological polar surface area (TPSA) is 93.1 Å². The summed E-state index contributed by atoms with van der Waals surface area (Å²) < 4.78 is 1.50. The first kappa shape index (κ1) is 22.6. The molecule has 0 aliphatic carbocycles. The quantitative estimate of drug-likeness (QED) is 0.306. The van der Waals surface area contributed by atoms with Crippen LogP contribution in [0.25, 0.3) is 10.9 Å². The van der Waals surface area contributed by atoms with Crippen molar-refractivity contribution in [1.82, 2.24) is 20.2 Å². The Morgan fingerprint density at radius 1 is 1.19 bits per heavy atom. The normalized spacial score (nSPS) is 10.6. The van der Waals surface area contributed by atoms with Crippen molar-refractivity contribution >= 4 is 46.2 Å². The van der Waals surface area contributed by atoms with E-state index >= 15 is 0 Å². The molecular formula is C22H21ClN4O3S. The van der Waals surface area contributed by atoms with Gasteiger partial charge in [0, 0.05) is 30.3 Å². The van der Waals surface area contributed by atoms with Crippen LogP contribution in [-0.4, -0.2) is 27.2 Å². The summed E-state index contributed by atoms with van der Waals surface area (Å²) in [6.07, 6.45) is 1.69. The third-order valence-electron chi connectivity index (χ3n) is 4.30. The van der Waals surface area contributed by atoms with Crippen molar-refractivity contribution in [1.29, 1.82) is 0 Å². The van der Waals surface area contributed by atoms with Crippen molar-refractivity contribution in [3.05, 3.63) is 82.1 Å². The Morgan fingerprint density at radius 3 is 2.71 bits per heavy atom. The minimum Gasteiger partial charge on any atom is -0.334 e. The Morgan fingerprint density at radius 2 is 1.97 bits per heavy atom. The monoisotopic (exact) mass is 456 g/mol. The van der Waals surface area contributed by atoms with E-state index in [9.17, 15) is 14.4 Å². The predicted octanol–water partition coefficient (Wildman–Crippen LogP) is 3.74. The molecule has 1 heterocycles. The van der Waals surface area contributed by atoms with Crippen LogP contribution in [0.15, 0.2) is 71.1 Å². The number of carbonyl (C=O) groups is 2. The summed E-state index contributed by atoms with van der Waals surface area (Å²) in [5.41, 5.74) is 1.22. The van der Waals surface area contributed by atoms with Crippen LogP contribution in [-0.2, 0) is 17.9 Å². The summed E-state index contributed by atoms with van der Waals surface area (Å²) in [5, 5.41) is 6.34. The summed E-state index contributed by atoms with van der Waals surface area (Å²) in [5.74, 6) is -0.0764. The molecular weight excluding hydrogens is 436 g/mol. The lowest BCUT2D eigenvalue weighted by Gasteiger charge is -2.11. The zero-order chi connectivity index (χ0) is 22.2. The number of allylic oxidation sites excluding steroid dienone is 1. The first-order valence-corrected chi connectivity index (χ1v) is 10.9. The molecule has 0 atom stereocenters. The highest BCUT2D eigenvalue weighted by atomic mass is 35.5. The maximum atomic E-state index is 12.8. The Bertz CT molecular complexity index is 1160. The van der Waals surface area contributed by atoms with E-state index in [0.29, 0.717) is 39.9 Å². The summed E-state index contributed by atoms with van der Waals surface area (Å²) in [7, 11) is 0. The van der Waals surface area contributed by atoms with E-state index in [0.717, 1.165) is 5.56 Å². The van der Waals surface area contributed by atoms with Crippen molar-refractivity contribution in [2.75, 3.05) is 5.75 Å². The predicted molar refractivity (Wildman–Crippen MR) is 123 cm³/mol. The van der Waals surface area contributed by atoms with E-state index in [1.165, 1.54) is 16.3 Å². The first-order valence-electron chi connectivity index (χ1n) is 9.53. The number of thioether (sulfide) groups is 1. The van der Waals surface area contributed by atoms with Gasteiger partial charge in [0.15, 0.2) is 5.16 Å². The molecule has 7 nitrogen and oxygen atoms in total. The summed E-state index contributed by atoms with van der Waals surface area (Å²) >= 11 is 7.28. The van der Waals surface area contributed by atoms with Crippen LogP contribution >= 0.6 is 23.4 Å². The van der Waals surface area contributed by atoms with Crippen LogP contribution in [0.4, 0.5) is 4.79 Å². The molecule has 0 unspecified atom stereocenters. The van der Waals surface area contributed by atoms with Gasteiger partial charge in [-0.3, -0.25) is 19.5 Å². The fourth-order valence-corrected chi connectivity index (χ4v) is 3.93. The average molecular weight is 457 g/mol. The molecule has 0 spiro atoms. The molecule has 160 valence electrons. The van der Waals surface area contributed by atoms with Crippen LogP contribution < -0.4 is 16.2 Å². The van der Waals surface area contributed by atoms with E-state index in [2.05, 4.69) is 22.2 Å². The highest BCUT2D eigenvalue weighted by Gasteiger charge is 2.13. The average Bonchev–Trinajstić information content (AvgIpc) is 2.75. The lowest BCUT2D eigenvalue weighted by atomic mass is 10.2. The number of nitrogens with zero attached hydrogens (tertiary/aromatic N) is 2. The molecule has 0 bridgehead atoms. The molecule has 31 heavy (non-hydrogen) atoms. The number of rotatable bonds is 8. The smallest absolute Gasteiger partial charge is 0.321 e. The maximum Gasteiger partial charge on any atom is 0.321 e. The molecule has 0 aliphatic heterocycles. The molecule has 3 rings (SSSR count). The van der Waals surface area contributed by atoms with Gasteiger partial charge in [-0.2, -0.15) is 0 Å². The Hall–Kier alpha value is -3.10. The van der Waals surface area contributed by atoms with Crippen molar-refractivity contribution in [2.45, 2.75) is 24.7 Å². The number of urea groups is 1. The van der Waals surface area contributed by atoms with E-state index in [-0.39, 0.29) is 12.0 Å². The number of amides is 3. The van der Waals surface area contributed by atoms with E-state index in [1.807, 2.05) is 30.3 Å². The number of hydrogen-bond donors (Lipinski definition) is 2. The number of nitrogens with one attached hydrogen (secondary N) is 2. The zero-order valence-electron chi connectivity index (χ0n) is 16.6. The lowest BCUT2D eigenvalue weighted by Crippen LogP contribution is -2.39. The number of aromatic nitrogens is 2. The number of imide groups is 1. The van der Waals surface area contributed by atoms with Crippen LogP contribution in [0.1, 0.15) is 12.0 Å². The molecule has 0 saturated carbocycles. The van der Waals surface area contributed by atoms with Gasteiger partial charge in [0.25, 0.3) is 5.56 Å². The van der Waals surface area contributed by atoms with Gasteiger partial charge in [-0.15, -0.1) is 6.58 Å². The number of benzene rings is 2. The third kappa shape index (κ3) is 6.19. The molecule has 0 saturated heterocycles. The lowest BCUT2D eigenvalue weighted by molar-refractivity contribution is -0.119. The number of halogens is 1. The van der Waals surface area contributed by atoms with Gasteiger partial charge in [-0.05, 0) is 23.8 Å². The molecule has 1 aromatic heterocycles. The van der Waals surface area contributed by atoms with Gasteiger partial charge >= 0.3 is 6.03 Å². The second-order valence-corrected chi connectivity index (χ2v) is 8.07. The first-order chi connectivity index (χ1) is 15.0. The van der Waals surface area contributed by atoms with Crippen molar-refractivity contribution in [2.24, 2.45) is 0 Å². The molecule has 0 aliphatic rings. The molecule has 0 radical (unpaired) electrons. The van der Waals surface area contributed by atoms with E-state index in [1.54, 1.807) is 24.3 Å². The highest BCUT2D eigenvalue weighted by molar-refractivity contribution is 7.99. The number of fused-ring (bicyclic) bond motifs is 1. The van der Waals surface area contributed by atoms with Crippen molar-refractivity contribution in [3.8, 4) is 0 Å². The fraction of sp³-hybridized carbons (Fsp3) is 0.182. The Kier molecular flexibility index (Phi) is 7.86. The second-order valence-electron chi connectivity index (χ2n) is 6.58. The molecule has 0 fully saturated rings. The van der Waals surface area contributed by atoms with Gasteiger partial charge in [-0.25, -0.2) is 9.78 Å². The molecule has 3 amide bonds. The van der Waals surface area contributed by atoms with Crippen molar-refractivity contribution < 1.29 is 9.59 Å². The largest absolute Gasteiger partial charge is 0.334 e. The number of hydrogen-bond acceptors (Lipinski definition) is 5. The fourth-order valence-electron chi connectivity index (χ4n) is 2.82. The summed E-state index contributed by atoms with van der Waals surface area (Å²) in [6, 6.07) is 13.8. The van der Waals surface area contributed by atoms with Gasteiger partial charge in [0.1, 0.15) is 0 Å².